The van der Waals surface area contributed by atoms with E-state index in [1.54, 1.807) is 39.1 Å². The van der Waals surface area contributed by atoms with Crippen LogP contribution in [0.2, 0.25) is 0 Å². The van der Waals surface area contributed by atoms with Crippen LogP contribution in [0.3, 0.4) is 0 Å². The van der Waals surface area contributed by atoms with Gasteiger partial charge in [-0.3, -0.25) is 4.79 Å². The summed E-state index contributed by atoms with van der Waals surface area (Å²) in [6, 6.07) is 2.65. The number of ether oxygens (including phenoxy) is 1. The lowest BCUT2D eigenvalue weighted by Crippen LogP contribution is -2.36. The first-order chi connectivity index (χ1) is 9.19. The molecule has 1 atom stereocenters. The predicted octanol–water partition coefficient (Wildman–Crippen LogP) is 2.88. The first-order valence-corrected chi connectivity index (χ1v) is 6.80. The van der Waals surface area contributed by atoms with Crippen molar-refractivity contribution in [3.05, 3.63) is 28.5 Å². The van der Waals surface area contributed by atoms with Crippen LogP contribution in [0.15, 0.2) is 22.9 Å². The molecule has 0 bridgehead atoms. The second-order valence-electron chi connectivity index (χ2n) is 5.18. The van der Waals surface area contributed by atoms with E-state index in [1.165, 1.54) is 0 Å². The lowest BCUT2D eigenvalue weighted by atomic mass is 10.1. The maximum Gasteiger partial charge on any atom is 0.408 e. The number of pyridine rings is 1. The van der Waals surface area contributed by atoms with E-state index in [9.17, 15) is 9.59 Å². The minimum absolute atomic E-state index is 0.260. The molecule has 0 radical (unpaired) electrons. The highest BCUT2D eigenvalue weighted by molar-refractivity contribution is 9.10. The predicted molar refractivity (Wildman–Crippen MR) is 76.3 cm³/mol. The summed E-state index contributed by atoms with van der Waals surface area (Å²) in [6.45, 7) is 5.20. The molecule has 0 aliphatic rings. The summed E-state index contributed by atoms with van der Waals surface area (Å²) >= 11 is 3.24. The second-order valence-corrected chi connectivity index (χ2v) is 5.93. The molecule has 110 valence electrons. The third-order valence-corrected chi connectivity index (χ3v) is 2.90. The van der Waals surface area contributed by atoms with Crippen LogP contribution < -0.4 is 5.32 Å². The molecule has 7 heteroatoms. The van der Waals surface area contributed by atoms with Crippen molar-refractivity contribution in [2.24, 2.45) is 0 Å². The fourth-order valence-corrected chi connectivity index (χ4v) is 2.05. The number of carboxylic acid groups (broad SMARTS) is 1. The van der Waals surface area contributed by atoms with Gasteiger partial charge < -0.3 is 15.2 Å². The van der Waals surface area contributed by atoms with Gasteiger partial charge >= 0.3 is 12.1 Å². The number of carbonyl (C=O) groups excluding carboxylic acids is 1. The molecule has 0 aliphatic carbocycles. The van der Waals surface area contributed by atoms with Gasteiger partial charge in [0.15, 0.2) is 0 Å². The van der Waals surface area contributed by atoms with Gasteiger partial charge in [0.25, 0.3) is 0 Å². The number of carbonyl (C=O) groups is 2. The van der Waals surface area contributed by atoms with Crippen molar-refractivity contribution in [1.29, 1.82) is 0 Å². The van der Waals surface area contributed by atoms with Gasteiger partial charge in [-0.25, -0.2) is 9.78 Å². The molecule has 1 heterocycles. The Morgan fingerprint density at radius 3 is 2.65 bits per heavy atom. The van der Waals surface area contributed by atoms with Crippen molar-refractivity contribution in [2.45, 2.75) is 38.8 Å². The van der Waals surface area contributed by atoms with Crippen molar-refractivity contribution in [3.63, 3.8) is 0 Å². The number of aromatic nitrogens is 1. The van der Waals surface area contributed by atoms with Gasteiger partial charge in [0.05, 0.1) is 12.5 Å². The number of halogens is 1. The van der Waals surface area contributed by atoms with Crippen molar-refractivity contribution >= 4 is 28.0 Å². The number of hydrogen-bond donors (Lipinski definition) is 2. The number of amides is 1. The highest BCUT2D eigenvalue weighted by atomic mass is 79.9. The number of hydrogen-bond acceptors (Lipinski definition) is 4. The van der Waals surface area contributed by atoms with Crippen LogP contribution in [0, 0.1) is 0 Å². The summed E-state index contributed by atoms with van der Waals surface area (Å²) in [5, 5.41) is 11.5. The SMILES string of the molecule is CC(C)(C)OC(=O)N[C@@H](CC(=O)O)c1cccnc1Br. The summed E-state index contributed by atoms with van der Waals surface area (Å²) in [4.78, 5) is 26.7. The number of rotatable bonds is 4. The minimum atomic E-state index is -1.03. The van der Waals surface area contributed by atoms with Gasteiger partial charge in [-0.2, -0.15) is 0 Å². The van der Waals surface area contributed by atoms with Gasteiger partial charge in [0, 0.05) is 11.8 Å². The zero-order valence-corrected chi connectivity index (χ0v) is 13.1. The molecule has 0 aromatic carbocycles. The van der Waals surface area contributed by atoms with Gasteiger partial charge in [0.2, 0.25) is 0 Å². The van der Waals surface area contributed by atoms with Crippen molar-refractivity contribution in [1.82, 2.24) is 10.3 Å². The van der Waals surface area contributed by atoms with Crippen molar-refractivity contribution in [3.8, 4) is 0 Å². The number of nitrogens with one attached hydrogen (secondary N) is 1. The van der Waals surface area contributed by atoms with E-state index < -0.39 is 23.7 Å². The molecule has 1 rings (SSSR count). The third kappa shape index (κ3) is 5.56. The largest absolute Gasteiger partial charge is 0.481 e. The summed E-state index contributed by atoms with van der Waals surface area (Å²) in [6.07, 6.45) is 0.641. The molecule has 1 aromatic rings. The monoisotopic (exact) mass is 344 g/mol. The number of alkyl carbamates (subject to hydrolysis) is 1. The minimum Gasteiger partial charge on any atom is -0.481 e. The molecule has 0 saturated carbocycles. The van der Waals surface area contributed by atoms with Crippen LogP contribution in [-0.2, 0) is 9.53 Å². The zero-order chi connectivity index (χ0) is 15.3. The molecular formula is C13H17BrN2O4. The topological polar surface area (TPSA) is 88.5 Å². The van der Waals surface area contributed by atoms with E-state index >= 15 is 0 Å². The van der Waals surface area contributed by atoms with Crippen LogP contribution in [0.25, 0.3) is 0 Å². The first kappa shape index (κ1) is 16.4. The second kappa shape index (κ2) is 6.69. The number of nitrogens with zero attached hydrogens (tertiary/aromatic N) is 1. The van der Waals surface area contributed by atoms with Gasteiger partial charge in [0.1, 0.15) is 10.2 Å². The highest BCUT2D eigenvalue weighted by Gasteiger charge is 2.24. The first-order valence-electron chi connectivity index (χ1n) is 6.01. The quantitative estimate of drug-likeness (QED) is 0.819. The number of carboxylic acids is 1. The Labute approximate surface area is 125 Å². The Balaban J connectivity index is 2.88. The molecule has 6 nitrogen and oxygen atoms in total. The normalized spacial score (nSPS) is 12.6. The van der Waals surface area contributed by atoms with Gasteiger partial charge in [-0.15, -0.1) is 0 Å². The average molecular weight is 345 g/mol. The van der Waals surface area contributed by atoms with E-state index in [-0.39, 0.29) is 6.42 Å². The molecular weight excluding hydrogens is 328 g/mol. The van der Waals surface area contributed by atoms with Crippen LogP contribution >= 0.6 is 15.9 Å². The third-order valence-electron chi connectivity index (χ3n) is 2.23. The Hall–Kier alpha value is -1.63. The molecule has 0 fully saturated rings. The molecule has 2 N–H and O–H groups in total. The lowest BCUT2D eigenvalue weighted by molar-refractivity contribution is -0.137. The standard InChI is InChI=1S/C13H17BrN2O4/c1-13(2,3)20-12(19)16-9(7-10(17)18)8-5-4-6-15-11(8)14/h4-6,9H,7H2,1-3H3,(H,16,19)(H,17,18)/t9-/m0/s1. The van der Waals surface area contributed by atoms with Gasteiger partial charge in [-0.1, -0.05) is 6.07 Å². The lowest BCUT2D eigenvalue weighted by Gasteiger charge is -2.23. The summed E-state index contributed by atoms with van der Waals surface area (Å²) in [5.74, 6) is -1.03. The smallest absolute Gasteiger partial charge is 0.408 e. The van der Waals surface area contributed by atoms with Gasteiger partial charge in [-0.05, 0) is 42.8 Å². The Morgan fingerprint density at radius 2 is 2.15 bits per heavy atom. The molecule has 0 spiro atoms. The number of aliphatic carboxylic acids is 1. The van der Waals surface area contributed by atoms with E-state index in [0.717, 1.165) is 0 Å². The van der Waals surface area contributed by atoms with E-state index in [1.807, 2.05) is 0 Å². The molecule has 1 amide bonds. The maximum absolute atomic E-state index is 11.8. The fourth-order valence-electron chi connectivity index (χ4n) is 1.52. The molecule has 20 heavy (non-hydrogen) atoms. The van der Waals surface area contributed by atoms with Crippen molar-refractivity contribution in [2.75, 3.05) is 0 Å². The van der Waals surface area contributed by atoms with E-state index in [2.05, 4.69) is 26.2 Å². The fraction of sp³-hybridized carbons (Fsp3) is 0.462. The van der Waals surface area contributed by atoms with Crippen LogP contribution in [0.5, 0.6) is 0 Å². The Bertz CT molecular complexity index is 499. The molecule has 0 unspecified atom stereocenters. The summed E-state index contributed by atoms with van der Waals surface area (Å²) < 4.78 is 5.62. The molecule has 0 aliphatic heterocycles. The van der Waals surface area contributed by atoms with Crippen molar-refractivity contribution < 1.29 is 19.4 Å². The van der Waals surface area contributed by atoms with Crippen LogP contribution in [0.1, 0.15) is 38.8 Å². The average Bonchev–Trinajstić information content (AvgIpc) is 2.25. The maximum atomic E-state index is 11.8. The molecule has 1 aromatic heterocycles. The van der Waals surface area contributed by atoms with E-state index in [4.69, 9.17) is 9.84 Å². The summed E-state index contributed by atoms with van der Waals surface area (Å²) in [5.41, 5.74) is -0.0647. The Morgan fingerprint density at radius 1 is 1.50 bits per heavy atom. The Kier molecular flexibility index (Phi) is 5.50. The van der Waals surface area contributed by atoms with E-state index in [0.29, 0.717) is 10.2 Å². The van der Waals surface area contributed by atoms with Crippen LogP contribution in [0.4, 0.5) is 4.79 Å². The summed E-state index contributed by atoms with van der Waals surface area (Å²) in [7, 11) is 0. The zero-order valence-electron chi connectivity index (χ0n) is 11.5. The highest BCUT2D eigenvalue weighted by Crippen LogP contribution is 2.24. The van der Waals surface area contributed by atoms with Crippen LogP contribution in [-0.4, -0.2) is 27.8 Å². The molecule has 0 saturated heterocycles.